The van der Waals surface area contributed by atoms with Crippen LogP contribution in [0, 0.1) is 5.92 Å². The van der Waals surface area contributed by atoms with E-state index in [-0.39, 0.29) is 6.09 Å². The summed E-state index contributed by atoms with van der Waals surface area (Å²) < 4.78 is 5.42. The molecular formula is C15H28N2O2. The van der Waals surface area contributed by atoms with Gasteiger partial charge >= 0.3 is 6.09 Å². The number of hydrogen-bond donors (Lipinski definition) is 1. The number of carbonyl (C=O) groups is 1. The number of ether oxygens (including phenoxy) is 1. The van der Waals surface area contributed by atoms with E-state index in [0.29, 0.717) is 12.0 Å². The fourth-order valence-corrected chi connectivity index (χ4v) is 2.49. The number of nitrogens with zero attached hydrogens (tertiary/aromatic N) is 1. The SMILES string of the molecule is C=CCC(NCC)C1CCN(C(=O)OC(C)(C)C)C1. The normalized spacial score (nSPS) is 21.3. The zero-order chi connectivity index (χ0) is 14.5. The van der Waals surface area contributed by atoms with Crippen molar-refractivity contribution in [1.29, 1.82) is 0 Å². The molecule has 2 unspecified atom stereocenters. The van der Waals surface area contributed by atoms with E-state index in [1.54, 1.807) is 0 Å². The molecule has 1 fully saturated rings. The summed E-state index contributed by atoms with van der Waals surface area (Å²) in [7, 11) is 0. The Morgan fingerprint density at radius 3 is 2.79 bits per heavy atom. The second-order valence-corrected chi connectivity index (χ2v) is 6.16. The van der Waals surface area contributed by atoms with E-state index < -0.39 is 5.60 Å². The fraction of sp³-hybridized carbons (Fsp3) is 0.800. The Balaban J connectivity index is 2.51. The summed E-state index contributed by atoms with van der Waals surface area (Å²) in [5.41, 5.74) is -0.419. The molecule has 0 aromatic heterocycles. The lowest BCUT2D eigenvalue weighted by Gasteiger charge is -2.26. The van der Waals surface area contributed by atoms with Gasteiger partial charge in [-0.2, -0.15) is 0 Å². The van der Waals surface area contributed by atoms with Crippen LogP contribution in [0.15, 0.2) is 12.7 Å². The van der Waals surface area contributed by atoms with Crippen LogP contribution in [-0.2, 0) is 4.74 Å². The van der Waals surface area contributed by atoms with Gasteiger partial charge in [0.25, 0.3) is 0 Å². The predicted molar refractivity (Wildman–Crippen MR) is 78.2 cm³/mol. The minimum absolute atomic E-state index is 0.191. The zero-order valence-electron chi connectivity index (χ0n) is 12.7. The molecule has 1 aliphatic rings. The Morgan fingerprint density at radius 1 is 1.58 bits per heavy atom. The molecule has 0 aromatic rings. The second-order valence-electron chi connectivity index (χ2n) is 6.16. The predicted octanol–water partition coefficient (Wildman–Crippen LogP) is 2.80. The van der Waals surface area contributed by atoms with E-state index in [9.17, 15) is 4.79 Å². The highest BCUT2D eigenvalue weighted by atomic mass is 16.6. The quantitative estimate of drug-likeness (QED) is 0.780. The molecule has 0 radical (unpaired) electrons. The average molecular weight is 268 g/mol. The fourth-order valence-electron chi connectivity index (χ4n) is 2.49. The summed E-state index contributed by atoms with van der Waals surface area (Å²) in [5.74, 6) is 0.491. The van der Waals surface area contributed by atoms with E-state index in [0.717, 1.165) is 32.5 Å². The first-order valence-corrected chi connectivity index (χ1v) is 7.19. The van der Waals surface area contributed by atoms with Crippen LogP contribution in [0.1, 0.15) is 40.5 Å². The van der Waals surface area contributed by atoms with E-state index >= 15 is 0 Å². The lowest BCUT2D eigenvalue weighted by atomic mass is 9.96. The van der Waals surface area contributed by atoms with Gasteiger partial charge in [0.15, 0.2) is 0 Å². The number of rotatable bonds is 5. The first-order valence-electron chi connectivity index (χ1n) is 7.19. The minimum atomic E-state index is -0.419. The number of amides is 1. The van der Waals surface area contributed by atoms with E-state index in [1.165, 1.54) is 0 Å². The molecule has 0 bridgehead atoms. The van der Waals surface area contributed by atoms with Gasteiger partial charge in [0.2, 0.25) is 0 Å². The van der Waals surface area contributed by atoms with Crippen molar-refractivity contribution in [3.8, 4) is 0 Å². The summed E-state index contributed by atoms with van der Waals surface area (Å²) in [5, 5.41) is 3.48. The van der Waals surface area contributed by atoms with Crippen LogP contribution < -0.4 is 5.32 Å². The highest BCUT2D eigenvalue weighted by molar-refractivity contribution is 5.68. The molecule has 0 spiro atoms. The Labute approximate surface area is 117 Å². The molecule has 4 heteroatoms. The van der Waals surface area contributed by atoms with Crippen molar-refractivity contribution >= 4 is 6.09 Å². The van der Waals surface area contributed by atoms with Crippen LogP contribution in [0.2, 0.25) is 0 Å². The van der Waals surface area contributed by atoms with Crippen LogP contribution in [0.25, 0.3) is 0 Å². The molecule has 1 aliphatic heterocycles. The molecule has 2 atom stereocenters. The maximum absolute atomic E-state index is 12.0. The number of carbonyl (C=O) groups excluding carboxylic acids is 1. The van der Waals surface area contributed by atoms with Gasteiger partial charge < -0.3 is 15.0 Å². The van der Waals surface area contributed by atoms with Crippen LogP contribution in [0.5, 0.6) is 0 Å². The molecular weight excluding hydrogens is 240 g/mol. The average Bonchev–Trinajstić information content (AvgIpc) is 2.75. The van der Waals surface area contributed by atoms with Crippen LogP contribution in [-0.4, -0.2) is 42.3 Å². The molecule has 4 nitrogen and oxygen atoms in total. The van der Waals surface area contributed by atoms with Crippen molar-refractivity contribution in [2.24, 2.45) is 5.92 Å². The monoisotopic (exact) mass is 268 g/mol. The molecule has 0 aliphatic carbocycles. The van der Waals surface area contributed by atoms with E-state index in [2.05, 4.69) is 18.8 Å². The summed E-state index contributed by atoms with van der Waals surface area (Å²) in [6, 6.07) is 0.412. The highest BCUT2D eigenvalue weighted by Crippen LogP contribution is 2.23. The lowest BCUT2D eigenvalue weighted by molar-refractivity contribution is 0.0285. The molecule has 1 rings (SSSR count). The number of nitrogens with one attached hydrogen (secondary N) is 1. The number of hydrogen-bond acceptors (Lipinski definition) is 3. The maximum atomic E-state index is 12.0. The Kier molecular flexibility index (Phi) is 5.85. The Bertz CT molecular complexity index is 310. The first kappa shape index (κ1) is 16.0. The van der Waals surface area contributed by atoms with Gasteiger partial charge in [-0.3, -0.25) is 0 Å². The largest absolute Gasteiger partial charge is 0.444 e. The molecule has 1 amide bonds. The van der Waals surface area contributed by atoms with Crippen LogP contribution >= 0.6 is 0 Å². The lowest BCUT2D eigenvalue weighted by Crippen LogP contribution is -2.39. The first-order chi connectivity index (χ1) is 8.87. The van der Waals surface area contributed by atoms with E-state index in [4.69, 9.17) is 4.74 Å². The highest BCUT2D eigenvalue weighted by Gasteiger charge is 2.33. The molecule has 0 aromatic carbocycles. The third kappa shape index (κ3) is 5.23. The number of likely N-dealkylation sites (tertiary alicyclic amines) is 1. The maximum Gasteiger partial charge on any atom is 0.410 e. The zero-order valence-corrected chi connectivity index (χ0v) is 12.7. The summed E-state index contributed by atoms with van der Waals surface area (Å²) in [4.78, 5) is 13.8. The summed E-state index contributed by atoms with van der Waals surface area (Å²) >= 11 is 0. The van der Waals surface area contributed by atoms with Crippen molar-refractivity contribution in [3.63, 3.8) is 0 Å². The third-order valence-corrected chi connectivity index (χ3v) is 3.33. The van der Waals surface area contributed by atoms with Crippen molar-refractivity contribution < 1.29 is 9.53 Å². The minimum Gasteiger partial charge on any atom is -0.444 e. The standard InChI is InChI=1S/C15H28N2O2/c1-6-8-13(16-7-2)12-9-10-17(11-12)14(18)19-15(3,4)5/h6,12-13,16H,1,7-11H2,2-5H3. The van der Waals surface area contributed by atoms with Crippen molar-refractivity contribution in [3.05, 3.63) is 12.7 Å². The second kappa shape index (κ2) is 6.94. The third-order valence-electron chi connectivity index (χ3n) is 3.33. The topological polar surface area (TPSA) is 41.6 Å². The van der Waals surface area contributed by atoms with E-state index in [1.807, 2.05) is 31.7 Å². The van der Waals surface area contributed by atoms with Crippen molar-refractivity contribution in [2.75, 3.05) is 19.6 Å². The van der Waals surface area contributed by atoms with Gasteiger partial charge in [-0.05, 0) is 46.1 Å². The smallest absolute Gasteiger partial charge is 0.410 e. The summed E-state index contributed by atoms with van der Waals surface area (Å²) in [6.07, 6.45) is 3.73. The molecule has 19 heavy (non-hydrogen) atoms. The Hall–Kier alpha value is -1.03. The van der Waals surface area contributed by atoms with Crippen LogP contribution in [0.4, 0.5) is 4.79 Å². The van der Waals surface area contributed by atoms with Gasteiger partial charge in [-0.25, -0.2) is 4.79 Å². The molecule has 0 saturated carbocycles. The molecule has 1 heterocycles. The van der Waals surface area contributed by atoms with Crippen molar-refractivity contribution in [1.82, 2.24) is 10.2 Å². The van der Waals surface area contributed by atoms with Gasteiger partial charge in [0, 0.05) is 19.1 Å². The molecule has 110 valence electrons. The summed E-state index contributed by atoms with van der Waals surface area (Å²) in [6.45, 7) is 14.1. The molecule has 1 N–H and O–H groups in total. The van der Waals surface area contributed by atoms with Gasteiger partial charge in [-0.1, -0.05) is 13.0 Å². The van der Waals surface area contributed by atoms with Crippen LogP contribution in [0.3, 0.4) is 0 Å². The van der Waals surface area contributed by atoms with Crippen molar-refractivity contribution in [2.45, 2.75) is 52.2 Å². The van der Waals surface area contributed by atoms with Gasteiger partial charge in [-0.15, -0.1) is 6.58 Å². The van der Waals surface area contributed by atoms with Gasteiger partial charge in [0.1, 0.15) is 5.60 Å². The Morgan fingerprint density at radius 2 is 2.26 bits per heavy atom. The molecule has 1 saturated heterocycles. The van der Waals surface area contributed by atoms with Gasteiger partial charge in [0.05, 0.1) is 0 Å².